The highest BCUT2D eigenvalue weighted by Crippen LogP contribution is 2.25. The average Bonchev–Trinajstić information content (AvgIpc) is 2.59. The first-order valence-electron chi connectivity index (χ1n) is 9.67. The zero-order valence-electron chi connectivity index (χ0n) is 15.6. The molecule has 4 rings (SSSR count). The molecule has 1 aromatic carbocycles. The Kier molecular flexibility index (Phi) is 4.57. The molecular formula is C21H27N3O2. The number of fused-ring (bicyclic) bond motifs is 1. The maximum absolute atomic E-state index is 12.8. The highest BCUT2D eigenvalue weighted by molar-refractivity contribution is 5.83. The van der Waals surface area contributed by atoms with Gasteiger partial charge in [-0.25, -0.2) is 0 Å². The van der Waals surface area contributed by atoms with Crippen LogP contribution in [-0.4, -0.2) is 52.0 Å². The molecule has 0 radical (unpaired) electrons. The maximum Gasteiger partial charge on any atom is 0.242 e. The van der Waals surface area contributed by atoms with Gasteiger partial charge in [-0.3, -0.25) is 14.5 Å². The fourth-order valence-electron chi connectivity index (χ4n) is 4.43. The lowest BCUT2D eigenvalue weighted by atomic mass is 9.97. The average molecular weight is 353 g/mol. The number of nitrogens with zero attached hydrogens (tertiary/aromatic N) is 3. The summed E-state index contributed by atoms with van der Waals surface area (Å²) in [6.07, 6.45) is 3.87. The van der Waals surface area contributed by atoms with Gasteiger partial charge in [0, 0.05) is 42.3 Å². The molecule has 5 heteroatoms. The second kappa shape index (κ2) is 6.88. The van der Waals surface area contributed by atoms with Gasteiger partial charge in [0.15, 0.2) is 5.43 Å². The number of carbonyl (C=O) groups is 1. The highest BCUT2D eigenvalue weighted by Gasteiger charge is 2.37. The van der Waals surface area contributed by atoms with Crippen LogP contribution in [0.15, 0.2) is 35.1 Å². The highest BCUT2D eigenvalue weighted by atomic mass is 16.2. The summed E-state index contributed by atoms with van der Waals surface area (Å²) in [6.45, 7) is 7.34. The van der Waals surface area contributed by atoms with Gasteiger partial charge < -0.3 is 9.47 Å². The largest absolute Gasteiger partial charge is 0.338 e. The first-order chi connectivity index (χ1) is 12.5. The number of aromatic nitrogens is 1. The molecule has 138 valence electrons. The van der Waals surface area contributed by atoms with Crippen LogP contribution in [0.3, 0.4) is 0 Å². The van der Waals surface area contributed by atoms with Crippen molar-refractivity contribution >= 4 is 16.8 Å². The van der Waals surface area contributed by atoms with E-state index in [9.17, 15) is 9.59 Å². The van der Waals surface area contributed by atoms with E-state index in [0.29, 0.717) is 24.0 Å². The molecule has 0 bridgehead atoms. The van der Waals surface area contributed by atoms with E-state index in [2.05, 4.69) is 11.8 Å². The van der Waals surface area contributed by atoms with E-state index >= 15 is 0 Å². The van der Waals surface area contributed by atoms with E-state index in [1.165, 1.54) is 19.3 Å². The molecule has 3 heterocycles. The SMILES string of the molecule is Cc1cc(=O)c2ccccc2n1CC(=O)N1CC(N2CCCC[C@@H]2C)C1. The Balaban J connectivity index is 1.47. The summed E-state index contributed by atoms with van der Waals surface area (Å²) in [7, 11) is 0. The van der Waals surface area contributed by atoms with E-state index in [-0.39, 0.29) is 11.3 Å². The Morgan fingerprint density at radius 2 is 1.96 bits per heavy atom. The summed E-state index contributed by atoms with van der Waals surface area (Å²) in [4.78, 5) is 29.5. The molecule has 2 saturated heterocycles. The van der Waals surface area contributed by atoms with Crippen LogP contribution in [0.25, 0.3) is 10.9 Å². The zero-order valence-corrected chi connectivity index (χ0v) is 15.6. The van der Waals surface area contributed by atoms with Crippen molar-refractivity contribution in [2.45, 2.75) is 51.7 Å². The van der Waals surface area contributed by atoms with Crippen LogP contribution < -0.4 is 5.43 Å². The number of pyridine rings is 1. The van der Waals surface area contributed by atoms with Crippen molar-refractivity contribution in [2.24, 2.45) is 0 Å². The predicted molar refractivity (Wildman–Crippen MR) is 103 cm³/mol. The van der Waals surface area contributed by atoms with Crippen LogP contribution in [0.5, 0.6) is 0 Å². The third-order valence-electron chi connectivity index (χ3n) is 6.06. The van der Waals surface area contributed by atoms with Crippen LogP contribution in [0.1, 0.15) is 31.9 Å². The summed E-state index contributed by atoms with van der Waals surface area (Å²) in [5, 5.41) is 0.675. The Labute approximate surface area is 154 Å². The molecule has 0 saturated carbocycles. The quantitative estimate of drug-likeness (QED) is 0.851. The van der Waals surface area contributed by atoms with E-state index in [4.69, 9.17) is 0 Å². The number of piperidine rings is 1. The fraction of sp³-hybridized carbons (Fsp3) is 0.524. The van der Waals surface area contributed by atoms with Crippen molar-refractivity contribution in [1.29, 1.82) is 0 Å². The molecular weight excluding hydrogens is 326 g/mol. The van der Waals surface area contributed by atoms with Gasteiger partial charge in [-0.15, -0.1) is 0 Å². The van der Waals surface area contributed by atoms with Crippen LogP contribution >= 0.6 is 0 Å². The third kappa shape index (κ3) is 3.05. The number of amides is 1. The van der Waals surface area contributed by atoms with Gasteiger partial charge in [0.05, 0.1) is 5.52 Å². The molecule has 2 aromatic rings. The van der Waals surface area contributed by atoms with Gasteiger partial charge in [0.1, 0.15) is 6.54 Å². The molecule has 1 atom stereocenters. The standard InChI is InChI=1S/C21H27N3O2/c1-15-7-5-6-10-23(15)17-12-22(13-17)21(26)14-24-16(2)11-20(25)18-8-3-4-9-19(18)24/h3-4,8-9,11,15,17H,5-7,10,12-14H2,1-2H3/t15-/m0/s1. The normalized spacial score (nSPS) is 21.8. The minimum atomic E-state index is 0.0184. The van der Waals surface area contributed by atoms with Crippen molar-refractivity contribution in [1.82, 2.24) is 14.4 Å². The smallest absolute Gasteiger partial charge is 0.242 e. The lowest BCUT2D eigenvalue weighted by Gasteiger charge is -2.49. The van der Waals surface area contributed by atoms with Crippen molar-refractivity contribution in [2.75, 3.05) is 19.6 Å². The minimum absolute atomic E-state index is 0.0184. The van der Waals surface area contributed by atoms with E-state index in [1.54, 1.807) is 6.07 Å². The maximum atomic E-state index is 12.8. The first kappa shape index (κ1) is 17.3. The molecule has 2 aliphatic rings. The molecule has 0 aliphatic carbocycles. The number of para-hydroxylation sites is 1. The number of rotatable bonds is 3. The lowest BCUT2D eigenvalue weighted by Crippen LogP contribution is -2.63. The molecule has 0 spiro atoms. The molecule has 2 fully saturated rings. The number of hydrogen-bond donors (Lipinski definition) is 0. The molecule has 5 nitrogen and oxygen atoms in total. The van der Waals surface area contributed by atoms with Crippen molar-refractivity contribution < 1.29 is 4.79 Å². The lowest BCUT2D eigenvalue weighted by molar-refractivity contribution is -0.140. The Morgan fingerprint density at radius 1 is 1.19 bits per heavy atom. The Bertz CT molecular complexity index is 882. The summed E-state index contributed by atoms with van der Waals surface area (Å²) >= 11 is 0. The number of hydrogen-bond acceptors (Lipinski definition) is 3. The first-order valence-corrected chi connectivity index (χ1v) is 9.67. The number of benzene rings is 1. The van der Waals surface area contributed by atoms with Crippen LogP contribution in [-0.2, 0) is 11.3 Å². The van der Waals surface area contributed by atoms with Crippen LogP contribution in [0, 0.1) is 6.92 Å². The third-order valence-corrected chi connectivity index (χ3v) is 6.06. The minimum Gasteiger partial charge on any atom is -0.338 e. The predicted octanol–water partition coefficient (Wildman–Crippen LogP) is 2.40. The second-order valence-corrected chi connectivity index (χ2v) is 7.79. The summed E-state index contributed by atoms with van der Waals surface area (Å²) < 4.78 is 1.97. The molecule has 1 aromatic heterocycles. The number of carbonyl (C=O) groups excluding carboxylic acids is 1. The zero-order chi connectivity index (χ0) is 18.3. The van der Waals surface area contributed by atoms with Crippen molar-refractivity contribution in [3.05, 3.63) is 46.2 Å². The van der Waals surface area contributed by atoms with Gasteiger partial charge in [0.2, 0.25) is 5.91 Å². The van der Waals surface area contributed by atoms with Gasteiger partial charge >= 0.3 is 0 Å². The summed E-state index contributed by atoms with van der Waals surface area (Å²) in [5.41, 5.74) is 1.70. The topological polar surface area (TPSA) is 45.6 Å². The Morgan fingerprint density at radius 3 is 2.73 bits per heavy atom. The van der Waals surface area contributed by atoms with Crippen LogP contribution in [0.2, 0.25) is 0 Å². The number of aryl methyl sites for hydroxylation is 1. The Hall–Kier alpha value is -2.14. The molecule has 0 N–H and O–H groups in total. The molecule has 1 amide bonds. The summed E-state index contributed by atoms with van der Waals surface area (Å²) in [5.74, 6) is 0.141. The van der Waals surface area contributed by atoms with E-state index in [0.717, 1.165) is 30.8 Å². The molecule has 0 unspecified atom stereocenters. The number of likely N-dealkylation sites (tertiary alicyclic amines) is 2. The van der Waals surface area contributed by atoms with Crippen molar-refractivity contribution in [3.63, 3.8) is 0 Å². The van der Waals surface area contributed by atoms with E-state index in [1.807, 2.05) is 40.7 Å². The van der Waals surface area contributed by atoms with Gasteiger partial charge in [-0.1, -0.05) is 18.6 Å². The van der Waals surface area contributed by atoms with Gasteiger partial charge in [-0.05, 0) is 45.4 Å². The van der Waals surface area contributed by atoms with Crippen LogP contribution in [0.4, 0.5) is 0 Å². The van der Waals surface area contributed by atoms with Crippen molar-refractivity contribution in [3.8, 4) is 0 Å². The van der Waals surface area contributed by atoms with E-state index < -0.39 is 0 Å². The summed E-state index contributed by atoms with van der Waals surface area (Å²) in [6, 6.07) is 10.3. The van der Waals surface area contributed by atoms with Gasteiger partial charge in [0.25, 0.3) is 0 Å². The van der Waals surface area contributed by atoms with Gasteiger partial charge in [-0.2, -0.15) is 0 Å². The fourth-order valence-corrected chi connectivity index (χ4v) is 4.43. The second-order valence-electron chi connectivity index (χ2n) is 7.79. The molecule has 26 heavy (non-hydrogen) atoms. The monoisotopic (exact) mass is 353 g/mol. The molecule has 2 aliphatic heterocycles.